The van der Waals surface area contributed by atoms with Gasteiger partial charge in [-0.1, -0.05) is 11.8 Å². The molecule has 0 N–H and O–H groups in total. The lowest BCUT2D eigenvalue weighted by Crippen LogP contribution is -2.51. The third kappa shape index (κ3) is 5.22. The molecule has 8 nitrogen and oxygen atoms in total. The van der Waals surface area contributed by atoms with E-state index in [1.165, 1.54) is 23.9 Å². The third-order valence-corrected chi connectivity index (χ3v) is 7.38. The molecule has 1 atom stereocenters. The zero-order valence-corrected chi connectivity index (χ0v) is 19.3. The molecule has 2 saturated heterocycles. The molecule has 0 spiro atoms. The Morgan fingerprint density at radius 1 is 1.03 bits per heavy atom. The van der Waals surface area contributed by atoms with Crippen LogP contribution in [0, 0.1) is 11.7 Å². The fraction of sp³-hybridized carbons (Fsp3) is 0.565. The highest BCUT2D eigenvalue weighted by molar-refractivity contribution is 7.99. The molecule has 2 aromatic rings. The SMILES string of the molecule is O=C(CSc1nnc(-c2ccc(F)cc2)n1CC1CCCO1)N1CCN(C(=O)C2CC2)CC1. The molecule has 3 fully saturated rings. The molecule has 1 aliphatic carbocycles. The lowest BCUT2D eigenvalue weighted by atomic mass is 10.2. The van der Waals surface area contributed by atoms with Gasteiger partial charge in [-0.3, -0.25) is 14.2 Å². The molecule has 2 amide bonds. The molecule has 1 saturated carbocycles. The van der Waals surface area contributed by atoms with E-state index < -0.39 is 0 Å². The first-order valence-electron chi connectivity index (χ1n) is 11.6. The van der Waals surface area contributed by atoms with Gasteiger partial charge < -0.3 is 14.5 Å². The summed E-state index contributed by atoms with van der Waals surface area (Å²) in [6.45, 7) is 3.70. The second kappa shape index (κ2) is 9.80. The van der Waals surface area contributed by atoms with Crippen LogP contribution in [0.1, 0.15) is 25.7 Å². The monoisotopic (exact) mass is 473 g/mol. The Hall–Kier alpha value is -2.46. The van der Waals surface area contributed by atoms with Crippen LogP contribution in [0.5, 0.6) is 0 Å². The standard InChI is InChI=1S/C23H28FN5O3S/c24-18-7-5-16(6-8-18)21-25-26-23(29(21)14-19-2-1-13-32-19)33-15-20(30)27-9-11-28(12-10-27)22(31)17-3-4-17/h5-8,17,19H,1-4,9-15H2. The van der Waals surface area contributed by atoms with E-state index in [2.05, 4.69) is 10.2 Å². The molecule has 33 heavy (non-hydrogen) atoms. The van der Waals surface area contributed by atoms with Crippen LogP contribution in [0.3, 0.4) is 0 Å². The summed E-state index contributed by atoms with van der Waals surface area (Å²) in [4.78, 5) is 28.8. The Morgan fingerprint density at radius 2 is 1.76 bits per heavy atom. The van der Waals surface area contributed by atoms with Crippen molar-refractivity contribution in [2.45, 2.75) is 43.5 Å². The van der Waals surface area contributed by atoms with Gasteiger partial charge in [0.25, 0.3) is 0 Å². The van der Waals surface area contributed by atoms with Gasteiger partial charge in [0.05, 0.1) is 18.4 Å². The van der Waals surface area contributed by atoms with Gasteiger partial charge in [-0.15, -0.1) is 10.2 Å². The second-order valence-corrected chi connectivity index (χ2v) is 9.77. The number of nitrogens with zero attached hydrogens (tertiary/aromatic N) is 5. The fourth-order valence-electron chi connectivity index (χ4n) is 4.35. The van der Waals surface area contributed by atoms with E-state index in [9.17, 15) is 14.0 Å². The zero-order valence-electron chi connectivity index (χ0n) is 18.5. The number of thioether (sulfide) groups is 1. The fourth-order valence-corrected chi connectivity index (χ4v) is 5.20. The Kier molecular flexibility index (Phi) is 6.64. The van der Waals surface area contributed by atoms with E-state index in [4.69, 9.17) is 4.74 Å². The molecule has 3 heterocycles. The second-order valence-electron chi connectivity index (χ2n) is 8.83. The van der Waals surface area contributed by atoms with Gasteiger partial charge in [-0.2, -0.15) is 0 Å². The highest BCUT2D eigenvalue weighted by Gasteiger charge is 2.35. The van der Waals surface area contributed by atoms with Gasteiger partial charge in [0.15, 0.2) is 11.0 Å². The van der Waals surface area contributed by atoms with Crippen LogP contribution in [0.15, 0.2) is 29.4 Å². The van der Waals surface area contributed by atoms with Gasteiger partial charge >= 0.3 is 0 Å². The number of aromatic nitrogens is 3. The van der Waals surface area contributed by atoms with Crippen molar-refractivity contribution in [2.75, 3.05) is 38.5 Å². The largest absolute Gasteiger partial charge is 0.376 e. The maximum Gasteiger partial charge on any atom is 0.233 e. The van der Waals surface area contributed by atoms with Crippen LogP contribution < -0.4 is 0 Å². The quantitative estimate of drug-likeness (QED) is 0.575. The van der Waals surface area contributed by atoms with Crippen molar-refractivity contribution in [3.63, 3.8) is 0 Å². The van der Waals surface area contributed by atoms with Crippen molar-refractivity contribution in [3.8, 4) is 11.4 Å². The molecule has 1 aromatic heterocycles. The Labute approximate surface area is 196 Å². The Balaban J connectivity index is 1.23. The summed E-state index contributed by atoms with van der Waals surface area (Å²) in [7, 11) is 0. The van der Waals surface area contributed by atoms with Gasteiger partial charge in [-0.05, 0) is 49.9 Å². The summed E-state index contributed by atoms with van der Waals surface area (Å²) >= 11 is 1.36. The lowest BCUT2D eigenvalue weighted by Gasteiger charge is -2.34. The predicted molar refractivity (Wildman–Crippen MR) is 121 cm³/mol. The van der Waals surface area contributed by atoms with Crippen molar-refractivity contribution in [2.24, 2.45) is 5.92 Å². The van der Waals surface area contributed by atoms with Gasteiger partial charge in [-0.25, -0.2) is 4.39 Å². The molecule has 0 bridgehead atoms. The smallest absolute Gasteiger partial charge is 0.233 e. The minimum absolute atomic E-state index is 0.0357. The summed E-state index contributed by atoms with van der Waals surface area (Å²) in [5.74, 6) is 1.09. The number of piperazine rings is 1. The van der Waals surface area contributed by atoms with Crippen LogP contribution in [-0.4, -0.2) is 81.0 Å². The van der Waals surface area contributed by atoms with E-state index >= 15 is 0 Å². The minimum Gasteiger partial charge on any atom is -0.376 e. The number of benzene rings is 1. The normalized spacial score (nSPS) is 20.9. The van der Waals surface area contributed by atoms with Crippen molar-refractivity contribution in [1.29, 1.82) is 0 Å². The van der Waals surface area contributed by atoms with Crippen LogP contribution in [-0.2, 0) is 20.9 Å². The Bertz CT molecular complexity index is 996. The van der Waals surface area contributed by atoms with Crippen molar-refractivity contribution >= 4 is 23.6 Å². The van der Waals surface area contributed by atoms with Crippen molar-refractivity contribution < 1.29 is 18.7 Å². The molecular weight excluding hydrogens is 445 g/mol. The van der Waals surface area contributed by atoms with Crippen LogP contribution in [0.4, 0.5) is 4.39 Å². The van der Waals surface area contributed by atoms with E-state index in [-0.39, 0.29) is 35.4 Å². The van der Waals surface area contributed by atoms with E-state index in [0.29, 0.717) is 43.7 Å². The van der Waals surface area contributed by atoms with Crippen LogP contribution >= 0.6 is 11.8 Å². The molecule has 3 aliphatic rings. The van der Waals surface area contributed by atoms with Gasteiger partial charge in [0.2, 0.25) is 11.8 Å². The third-order valence-electron chi connectivity index (χ3n) is 6.42. The average molecular weight is 474 g/mol. The molecule has 0 radical (unpaired) electrons. The summed E-state index contributed by atoms with van der Waals surface area (Å²) in [5, 5.41) is 9.34. The van der Waals surface area contributed by atoms with Crippen molar-refractivity contribution in [1.82, 2.24) is 24.6 Å². The Morgan fingerprint density at radius 3 is 2.42 bits per heavy atom. The number of ether oxygens (including phenoxy) is 1. The molecular formula is C23H28FN5O3S. The summed E-state index contributed by atoms with van der Waals surface area (Å²) < 4.78 is 21.2. The van der Waals surface area contributed by atoms with E-state index in [0.717, 1.165) is 37.9 Å². The molecule has 1 unspecified atom stereocenters. The molecule has 176 valence electrons. The van der Waals surface area contributed by atoms with Crippen molar-refractivity contribution in [3.05, 3.63) is 30.1 Å². The maximum atomic E-state index is 13.4. The van der Waals surface area contributed by atoms with E-state index in [1.807, 2.05) is 14.4 Å². The number of carbonyl (C=O) groups excluding carboxylic acids is 2. The number of hydrogen-bond acceptors (Lipinski definition) is 6. The molecule has 10 heteroatoms. The minimum atomic E-state index is -0.303. The van der Waals surface area contributed by atoms with Gasteiger partial charge in [0, 0.05) is 44.3 Å². The first-order valence-corrected chi connectivity index (χ1v) is 12.6. The highest BCUT2D eigenvalue weighted by atomic mass is 32.2. The molecule has 1 aromatic carbocycles. The first kappa shape index (κ1) is 22.3. The summed E-state index contributed by atoms with van der Waals surface area (Å²) in [6.07, 6.45) is 4.07. The number of halogens is 1. The van der Waals surface area contributed by atoms with E-state index in [1.54, 1.807) is 12.1 Å². The highest BCUT2D eigenvalue weighted by Crippen LogP contribution is 2.31. The summed E-state index contributed by atoms with van der Waals surface area (Å²) in [6, 6.07) is 6.19. The number of hydrogen-bond donors (Lipinski definition) is 0. The maximum absolute atomic E-state index is 13.4. The van der Waals surface area contributed by atoms with Crippen LogP contribution in [0.2, 0.25) is 0 Å². The zero-order chi connectivity index (χ0) is 22.8. The topological polar surface area (TPSA) is 80.6 Å². The lowest BCUT2D eigenvalue weighted by molar-refractivity contribution is -0.139. The first-order chi connectivity index (χ1) is 16.1. The predicted octanol–water partition coefficient (Wildman–Crippen LogP) is 2.44. The average Bonchev–Trinajstić information content (AvgIpc) is 3.43. The molecule has 2 aliphatic heterocycles. The number of amides is 2. The van der Waals surface area contributed by atoms with Gasteiger partial charge in [0.1, 0.15) is 5.82 Å². The molecule has 5 rings (SSSR count). The number of carbonyl (C=O) groups is 2. The number of rotatable bonds is 7. The van der Waals surface area contributed by atoms with Crippen LogP contribution in [0.25, 0.3) is 11.4 Å². The summed E-state index contributed by atoms with van der Waals surface area (Å²) in [5.41, 5.74) is 0.775.